The number of rotatable bonds is 5. The van der Waals surface area contributed by atoms with E-state index < -0.39 is 0 Å². The minimum absolute atomic E-state index is 0.423. The van der Waals surface area contributed by atoms with Crippen LogP contribution in [0.2, 0.25) is 0 Å². The van der Waals surface area contributed by atoms with Crippen molar-refractivity contribution in [1.82, 2.24) is 10.3 Å². The Morgan fingerprint density at radius 3 is 2.89 bits per heavy atom. The molecule has 3 N–H and O–H groups in total. The average Bonchev–Trinajstić information content (AvgIpc) is 2.33. The van der Waals surface area contributed by atoms with E-state index in [-0.39, 0.29) is 0 Å². The van der Waals surface area contributed by atoms with Crippen LogP contribution in [0.3, 0.4) is 0 Å². The van der Waals surface area contributed by atoms with Crippen molar-refractivity contribution >= 4 is 23.4 Å². The van der Waals surface area contributed by atoms with Crippen molar-refractivity contribution in [2.75, 3.05) is 20.2 Å². The number of hydrazone groups is 1. The number of hydrogen-bond donors (Lipinski definition) is 2. The molecule has 6 heteroatoms. The molecule has 5 nitrogen and oxygen atoms in total. The molecule has 0 atom stereocenters. The number of nitrogens with two attached hydrogens (primary N) is 1. The quantitative estimate of drug-likeness (QED) is 0.576. The molecular weight excluding hydrogens is 248 g/mol. The molecule has 0 amide bonds. The number of allylic oxidation sites excluding steroid dienone is 1. The molecule has 1 aliphatic heterocycles. The Hall–Kier alpha value is -1.82. The Kier molecular flexibility index (Phi) is 4.91. The van der Waals surface area contributed by atoms with Gasteiger partial charge in [-0.2, -0.15) is 5.10 Å². The summed E-state index contributed by atoms with van der Waals surface area (Å²) in [5.74, 6) is 0.617. The van der Waals surface area contributed by atoms with Crippen molar-refractivity contribution in [3.05, 3.63) is 35.9 Å². The van der Waals surface area contributed by atoms with Gasteiger partial charge in [0.2, 0.25) is 0 Å². The molecule has 18 heavy (non-hydrogen) atoms. The molecule has 0 unspecified atom stereocenters. The maximum atomic E-state index is 5.86. The van der Waals surface area contributed by atoms with Crippen LogP contribution in [-0.2, 0) is 4.74 Å². The fraction of sp³-hybridized carbons (Fsp3) is 0.333. The number of thiocarbonyl (C=S) groups is 1. The van der Waals surface area contributed by atoms with Gasteiger partial charge in [0.25, 0.3) is 0 Å². The Morgan fingerprint density at radius 1 is 1.67 bits per heavy atom. The molecule has 0 spiro atoms. The molecule has 0 aromatic heterocycles. The van der Waals surface area contributed by atoms with Gasteiger partial charge in [0.1, 0.15) is 10.7 Å². The molecule has 0 saturated carbocycles. The molecule has 0 fully saturated rings. The number of likely N-dealkylation sites (N-methyl/N-ethyl adjacent to an activating group) is 1. The topological polar surface area (TPSA) is 62.9 Å². The summed E-state index contributed by atoms with van der Waals surface area (Å²) < 4.78 is 5.29. The monoisotopic (exact) mass is 266 g/mol. The first-order valence-corrected chi connectivity index (χ1v) is 5.95. The largest absolute Gasteiger partial charge is 0.497 e. The summed E-state index contributed by atoms with van der Waals surface area (Å²) in [5.41, 5.74) is 7.68. The summed E-state index contributed by atoms with van der Waals surface area (Å²) >= 11 is 5.20. The average molecular weight is 266 g/mol. The van der Waals surface area contributed by atoms with E-state index in [0.717, 1.165) is 0 Å². The van der Waals surface area contributed by atoms with Gasteiger partial charge in [-0.15, -0.1) is 0 Å². The van der Waals surface area contributed by atoms with E-state index in [1.807, 2.05) is 6.92 Å². The predicted octanol–water partition coefficient (Wildman–Crippen LogP) is 1.11. The van der Waals surface area contributed by atoms with E-state index in [9.17, 15) is 0 Å². The van der Waals surface area contributed by atoms with Crippen LogP contribution in [-0.4, -0.2) is 36.4 Å². The Labute approximate surface area is 113 Å². The molecular formula is C12H18N4OS. The van der Waals surface area contributed by atoms with Crippen molar-refractivity contribution in [1.29, 1.82) is 0 Å². The molecule has 0 bridgehead atoms. The highest BCUT2D eigenvalue weighted by molar-refractivity contribution is 7.80. The maximum Gasteiger partial charge on any atom is 0.110 e. The van der Waals surface area contributed by atoms with Crippen LogP contribution in [0.1, 0.15) is 6.92 Å². The summed E-state index contributed by atoms with van der Waals surface area (Å²) in [6.45, 7) is 10.7. The number of nitrogens with one attached hydrogen (secondary N) is 1. The number of hydrogen-bond acceptors (Lipinski definition) is 5. The summed E-state index contributed by atoms with van der Waals surface area (Å²) in [6.07, 6.45) is 1.55. The SMILES string of the molecule is C=C(CN1N=CC(N)=C(C(=S)NC)C1=C)OCC. The first kappa shape index (κ1) is 14.2. The highest BCUT2D eigenvalue weighted by Crippen LogP contribution is 2.21. The maximum absolute atomic E-state index is 5.86. The lowest BCUT2D eigenvalue weighted by atomic mass is 10.1. The third-order valence-electron chi connectivity index (χ3n) is 2.35. The van der Waals surface area contributed by atoms with Crippen LogP contribution in [0.15, 0.2) is 41.0 Å². The first-order valence-electron chi connectivity index (χ1n) is 5.54. The van der Waals surface area contributed by atoms with E-state index in [4.69, 9.17) is 22.7 Å². The molecule has 0 radical (unpaired) electrons. The van der Waals surface area contributed by atoms with Crippen molar-refractivity contribution < 1.29 is 4.74 Å². The van der Waals surface area contributed by atoms with Gasteiger partial charge >= 0.3 is 0 Å². The van der Waals surface area contributed by atoms with Crippen LogP contribution in [0, 0.1) is 0 Å². The molecule has 0 aliphatic carbocycles. The van der Waals surface area contributed by atoms with Crippen molar-refractivity contribution in [2.24, 2.45) is 10.8 Å². The van der Waals surface area contributed by atoms with Crippen LogP contribution in [0.5, 0.6) is 0 Å². The molecule has 1 rings (SSSR count). The Morgan fingerprint density at radius 2 is 2.33 bits per heavy atom. The van der Waals surface area contributed by atoms with E-state index in [1.165, 1.54) is 0 Å². The molecule has 0 aromatic rings. The fourth-order valence-corrected chi connectivity index (χ4v) is 1.74. The van der Waals surface area contributed by atoms with Crippen molar-refractivity contribution in [3.8, 4) is 0 Å². The highest BCUT2D eigenvalue weighted by atomic mass is 32.1. The summed E-state index contributed by atoms with van der Waals surface area (Å²) in [5, 5.41) is 8.72. The third kappa shape index (κ3) is 3.10. The van der Waals surface area contributed by atoms with Gasteiger partial charge in [0.05, 0.1) is 36.3 Å². The van der Waals surface area contributed by atoms with Gasteiger partial charge in [0.15, 0.2) is 0 Å². The van der Waals surface area contributed by atoms with Gasteiger partial charge in [-0.3, -0.25) is 5.01 Å². The second-order valence-corrected chi connectivity index (χ2v) is 4.04. The van der Waals surface area contributed by atoms with Gasteiger partial charge in [-0.05, 0) is 6.92 Å². The zero-order valence-corrected chi connectivity index (χ0v) is 11.5. The smallest absolute Gasteiger partial charge is 0.110 e. The Balaban J connectivity index is 2.85. The van der Waals surface area contributed by atoms with E-state index in [1.54, 1.807) is 18.3 Å². The third-order valence-corrected chi connectivity index (χ3v) is 2.76. The van der Waals surface area contributed by atoms with Gasteiger partial charge in [0, 0.05) is 7.05 Å². The summed E-state index contributed by atoms with van der Waals surface area (Å²) in [6, 6.07) is 0. The summed E-state index contributed by atoms with van der Waals surface area (Å²) in [7, 11) is 1.74. The lowest BCUT2D eigenvalue weighted by molar-refractivity contribution is 0.199. The van der Waals surface area contributed by atoms with Crippen LogP contribution < -0.4 is 11.1 Å². The number of nitrogens with zero attached hydrogens (tertiary/aromatic N) is 2. The molecule has 98 valence electrons. The standard InChI is InChI=1S/C12H18N4OS/c1-5-17-8(2)7-16-9(3)11(12(18)14-4)10(13)6-15-16/h6H,2-3,5,7,13H2,1,4H3,(H,14,18). The molecule has 1 heterocycles. The van der Waals surface area contributed by atoms with Gasteiger partial charge < -0.3 is 15.8 Å². The Bertz CT molecular complexity index is 439. The van der Waals surface area contributed by atoms with Gasteiger partial charge in [-0.25, -0.2) is 0 Å². The van der Waals surface area contributed by atoms with Gasteiger partial charge in [-0.1, -0.05) is 25.4 Å². The minimum atomic E-state index is 0.423. The molecule has 0 saturated heterocycles. The number of ether oxygens (including phenoxy) is 1. The molecule has 0 aromatic carbocycles. The van der Waals surface area contributed by atoms with Crippen LogP contribution in [0.4, 0.5) is 0 Å². The van der Waals surface area contributed by atoms with Crippen molar-refractivity contribution in [2.45, 2.75) is 6.92 Å². The molecule has 1 aliphatic rings. The van der Waals surface area contributed by atoms with Crippen molar-refractivity contribution in [3.63, 3.8) is 0 Å². The summed E-state index contributed by atoms with van der Waals surface area (Å²) in [4.78, 5) is 0.538. The zero-order valence-electron chi connectivity index (χ0n) is 10.7. The lowest BCUT2D eigenvalue weighted by Gasteiger charge is -2.27. The second kappa shape index (κ2) is 6.20. The normalized spacial score (nSPS) is 14.8. The second-order valence-electron chi connectivity index (χ2n) is 3.63. The predicted molar refractivity (Wildman–Crippen MR) is 78.0 cm³/mol. The van der Waals surface area contributed by atoms with E-state index >= 15 is 0 Å². The van der Waals surface area contributed by atoms with Crippen LogP contribution >= 0.6 is 12.2 Å². The van der Waals surface area contributed by atoms with Crippen LogP contribution in [0.25, 0.3) is 0 Å². The fourth-order valence-electron chi connectivity index (χ4n) is 1.50. The first-order chi connectivity index (χ1) is 8.51. The highest BCUT2D eigenvalue weighted by Gasteiger charge is 2.21. The lowest BCUT2D eigenvalue weighted by Crippen LogP contribution is -2.32. The minimum Gasteiger partial charge on any atom is -0.497 e. The van der Waals surface area contributed by atoms with E-state index in [2.05, 4.69) is 23.6 Å². The van der Waals surface area contributed by atoms with E-state index in [0.29, 0.717) is 40.9 Å². The zero-order chi connectivity index (χ0) is 13.7.